The Labute approximate surface area is 162 Å². The average molecular weight is 413 g/mol. The molecule has 6 nitrogen and oxygen atoms in total. The first-order valence-electron chi connectivity index (χ1n) is 7.79. The van der Waals surface area contributed by atoms with Crippen molar-refractivity contribution in [3.8, 4) is 0 Å². The van der Waals surface area contributed by atoms with Gasteiger partial charge in [0, 0.05) is 29.1 Å². The number of hydrogen-bond donors (Lipinski definition) is 2. The number of guanidine groups is 1. The molecule has 26 heavy (non-hydrogen) atoms. The number of sulfonamides is 1. The number of benzene rings is 2. The number of hydrogen-bond acceptors (Lipinski definition) is 3. The van der Waals surface area contributed by atoms with E-state index in [1.165, 1.54) is 12.1 Å². The Balaban J connectivity index is 2.02. The summed E-state index contributed by atoms with van der Waals surface area (Å²) in [5.41, 5.74) is 13.4. The summed E-state index contributed by atoms with van der Waals surface area (Å²) in [6.07, 6.45) is 0. The maximum absolute atomic E-state index is 12.1. The summed E-state index contributed by atoms with van der Waals surface area (Å²) in [6.45, 7) is 1.50. The molecule has 1 aliphatic heterocycles. The van der Waals surface area contributed by atoms with Gasteiger partial charge in [0.05, 0.1) is 4.90 Å². The highest BCUT2D eigenvalue weighted by atomic mass is 35.5. The van der Waals surface area contributed by atoms with Crippen LogP contribution in [0.2, 0.25) is 10.0 Å². The minimum atomic E-state index is -3.91. The molecule has 0 radical (unpaired) electrons. The van der Waals surface area contributed by atoms with Gasteiger partial charge in [0.25, 0.3) is 10.0 Å². The molecule has 1 heterocycles. The van der Waals surface area contributed by atoms with Crippen LogP contribution in [-0.2, 0) is 16.6 Å². The van der Waals surface area contributed by atoms with Gasteiger partial charge in [0.15, 0.2) is 0 Å². The molecule has 0 spiro atoms. The smallest absolute Gasteiger partial charge is 0.285 e. The van der Waals surface area contributed by atoms with Crippen LogP contribution in [0.1, 0.15) is 22.6 Å². The molecule has 138 valence electrons. The van der Waals surface area contributed by atoms with Crippen molar-refractivity contribution in [3.63, 3.8) is 0 Å². The molecule has 0 amide bonds. The highest BCUT2D eigenvalue weighted by molar-refractivity contribution is 7.90. The number of nitrogens with two attached hydrogens (primary N) is 2. The lowest BCUT2D eigenvalue weighted by molar-refractivity contribution is 0.295. The molecule has 0 bridgehead atoms. The van der Waals surface area contributed by atoms with Crippen LogP contribution in [0.4, 0.5) is 0 Å². The topological polar surface area (TPSA) is 102 Å². The molecule has 0 aliphatic carbocycles. The monoisotopic (exact) mass is 412 g/mol. The number of rotatable bonds is 3. The van der Waals surface area contributed by atoms with Crippen LogP contribution in [0.5, 0.6) is 0 Å². The minimum Gasteiger partial charge on any atom is -0.369 e. The Bertz CT molecular complexity index is 971. The van der Waals surface area contributed by atoms with Crippen molar-refractivity contribution in [2.75, 3.05) is 13.6 Å². The molecular weight excluding hydrogens is 395 g/mol. The maximum atomic E-state index is 12.1. The normalized spacial score (nSPS) is 17.6. The van der Waals surface area contributed by atoms with Gasteiger partial charge in [-0.1, -0.05) is 35.3 Å². The van der Waals surface area contributed by atoms with E-state index in [4.69, 9.17) is 34.7 Å². The zero-order chi connectivity index (χ0) is 19.1. The van der Waals surface area contributed by atoms with Crippen LogP contribution >= 0.6 is 23.2 Å². The predicted octanol–water partition coefficient (Wildman–Crippen LogP) is 2.53. The molecule has 1 aliphatic rings. The third-order valence-electron chi connectivity index (χ3n) is 4.30. The second-order valence-electron chi connectivity index (χ2n) is 6.26. The standard InChI is InChI=1S/C17H18Cl2N4O2S/c1-23-8-14(13-6-11(18)7-16(19)15(13)9-23)10-2-4-12(5-3-10)26(24,25)22-17(20)21/h2-7,14H,8-9H2,1H3,(H4,20,21,22). The van der Waals surface area contributed by atoms with Crippen LogP contribution in [-0.4, -0.2) is 32.9 Å². The summed E-state index contributed by atoms with van der Waals surface area (Å²) in [6, 6.07) is 10.2. The van der Waals surface area contributed by atoms with Gasteiger partial charge in [-0.25, -0.2) is 0 Å². The van der Waals surface area contributed by atoms with Crippen LogP contribution in [0.15, 0.2) is 45.7 Å². The maximum Gasteiger partial charge on any atom is 0.285 e. The molecular formula is C17H18Cl2N4O2S. The van der Waals surface area contributed by atoms with Gasteiger partial charge < -0.3 is 16.4 Å². The summed E-state index contributed by atoms with van der Waals surface area (Å²) < 4.78 is 27.5. The molecule has 2 aromatic carbocycles. The van der Waals surface area contributed by atoms with Crippen LogP contribution in [0.25, 0.3) is 0 Å². The van der Waals surface area contributed by atoms with Gasteiger partial charge >= 0.3 is 0 Å². The van der Waals surface area contributed by atoms with Gasteiger partial charge in [0.1, 0.15) is 0 Å². The second kappa shape index (κ2) is 7.08. The minimum absolute atomic E-state index is 0.0276. The second-order valence-corrected chi connectivity index (χ2v) is 8.71. The Hall–Kier alpha value is -1.80. The molecule has 1 unspecified atom stereocenters. The fourth-order valence-corrected chi connectivity index (χ4v) is 4.63. The molecule has 0 saturated carbocycles. The zero-order valence-corrected chi connectivity index (χ0v) is 16.3. The van der Waals surface area contributed by atoms with E-state index in [0.717, 1.165) is 29.8 Å². The van der Waals surface area contributed by atoms with Gasteiger partial charge in [-0.3, -0.25) is 0 Å². The third-order valence-corrected chi connectivity index (χ3v) is 6.17. The quantitative estimate of drug-likeness (QED) is 0.595. The molecule has 4 N–H and O–H groups in total. The van der Waals surface area contributed by atoms with Gasteiger partial charge in [-0.2, -0.15) is 8.42 Å². The lowest BCUT2D eigenvalue weighted by atomic mass is 9.85. The predicted molar refractivity (Wildman–Crippen MR) is 104 cm³/mol. The molecule has 2 aromatic rings. The summed E-state index contributed by atoms with van der Waals surface area (Å²) in [5, 5.41) is 1.21. The number of fused-ring (bicyclic) bond motifs is 1. The van der Waals surface area contributed by atoms with Crippen molar-refractivity contribution in [1.82, 2.24) is 4.90 Å². The van der Waals surface area contributed by atoms with Crippen LogP contribution in [0, 0.1) is 0 Å². The SMILES string of the molecule is CN1Cc2c(Cl)cc(Cl)cc2C(c2ccc(S(=O)(=O)N=C(N)N)cc2)C1. The lowest BCUT2D eigenvalue weighted by Crippen LogP contribution is -2.31. The molecule has 9 heteroatoms. The van der Waals surface area contributed by atoms with E-state index in [1.54, 1.807) is 18.2 Å². The van der Waals surface area contributed by atoms with Crippen molar-refractivity contribution in [1.29, 1.82) is 0 Å². The first kappa shape index (κ1) is 19.0. The van der Waals surface area contributed by atoms with Crippen molar-refractivity contribution in [2.24, 2.45) is 15.9 Å². The van der Waals surface area contributed by atoms with Crippen molar-refractivity contribution < 1.29 is 8.42 Å². The van der Waals surface area contributed by atoms with Crippen molar-refractivity contribution >= 4 is 39.2 Å². The van der Waals surface area contributed by atoms with E-state index in [9.17, 15) is 8.42 Å². The Morgan fingerprint density at radius 2 is 1.85 bits per heavy atom. The molecule has 1 atom stereocenters. The largest absolute Gasteiger partial charge is 0.369 e. The van der Waals surface area contributed by atoms with Crippen molar-refractivity contribution in [3.05, 3.63) is 63.1 Å². The Morgan fingerprint density at radius 3 is 2.46 bits per heavy atom. The molecule has 0 saturated heterocycles. The molecule has 3 rings (SSSR count). The van der Waals surface area contributed by atoms with E-state index in [2.05, 4.69) is 9.30 Å². The van der Waals surface area contributed by atoms with E-state index < -0.39 is 16.0 Å². The fourth-order valence-electron chi connectivity index (χ4n) is 3.19. The van der Waals surface area contributed by atoms with E-state index in [-0.39, 0.29) is 10.8 Å². The summed E-state index contributed by atoms with van der Waals surface area (Å²) >= 11 is 12.6. The highest BCUT2D eigenvalue weighted by Gasteiger charge is 2.27. The summed E-state index contributed by atoms with van der Waals surface area (Å²) in [4.78, 5) is 2.19. The fraction of sp³-hybridized carbons (Fsp3) is 0.235. The highest BCUT2D eigenvalue weighted by Crippen LogP contribution is 2.38. The molecule has 0 fully saturated rings. The van der Waals surface area contributed by atoms with E-state index in [0.29, 0.717) is 10.0 Å². The van der Waals surface area contributed by atoms with Gasteiger partial charge in [-0.15, -0.1) is 4.40 Å². The first-order valence-corrected chi connectivity index (χ1v) is 9.99. The van der Waals surface area contributed by atoms with Crippen molar-refractivity contribution in [2.45, 2.75) is 17.4 Å². The van der Waals surface area contributed by atoms with Crippen LogP contribution in [0.3, 0.4) is 0 Å². The number of nitrogens with zero attached hydrogens (tertiary/aromatic N) is 2. The number of likely N-dealkylation sites (N-methyl/N-ethyl adjacent to an activating group) is 1. The van der Waals surface area contributed by atoms with Crippen LogP contribution < -0.4 is 11.5 Å². The number of halogens is 2. The van der Waals surface area contributed by atoms with Gasteiger partial charge in [0.2, 0.25) is 5.96 Å². The summed E-state index contributed by atoms with van der Waals surface area (Å²) in [5.74, 6) is -0.471. The molecule has 0 aromatic heterocycles. The third kappa shape index (κ3) is 3.81. The van der Waals surface area contributed by atoms with E-state index in [1.807, 2.05) is 13.1 Å². The van der Waals surface area contributed by atoms with E-state index >= 15 is 0 Å². The summed E-state index contributed by atoms with van der Waals surface area (Å²) in [7, 11) is -1.89. The first-order chi connectivity index (χ1) is 12.2. The van der Waals surface area contributed by atoms with Gasteiger partial charge in [-0.05, 0) is 48.0 Å². The lowest BCUT2D eigenvalue weighted by Gasteiger charge is -2.33. The Kier molecular flexibility index (Phi) is 5.16. The average Bonchev–Trinajstić information content (AvgIpc) is 2.54. The zero-order valence-electron chi connectivity index (χ0n) is 14.0. The Morgan fingerprint density at radius 1 is 1.19 bits per heavy atom.